The first kappa shape index (κ1) is 21.3. The number of amides is 3. The molecule has 2 aliphatic rings. The topological polar surface area (TPSA) is 70.2 Å². The number of fused-ring (bicyclic) bond motifs is 1. The van der Waals surface area contributed by atoms with E-state index < -0.39 is 0 Å². The SMILES string of the molecule is CCC(CC)(NC(=O)CCCC[C@@H]1SC[C@@H]2NC(=O)N[C@@H]21)c1ccc(Cl)cc1. The van der Waals surface area contributed by atoms with E-state index in [1.54, 1.807) is 0 Å². The molecule has 0 aromatic heterocycles. The van der Waals surface area contributed by atoms with Crippen LogP contribution in [0.5, 0.6) is 0 Å². The second-order valence-corrected chi connectivity index (χ2v) is 9.42. The number of hydrogen-bond acceptors (Lipinski definition) is 3. The van der Waals surface area contributed by atoms with Crippen LogP contribution < -0.4 is 16.0 Å². The molecule has 0 saturated carbocycles. The van der Waals surface area contributed by atoms with Gasteiger partial charge in [-0.15, -0.1) is 0 Å². The monoisotopic (exact) mass is 423 g/mol. The van der Waals surface area contributed by atoms with Gasteiger partial charge in [-0.1, -0.05) is 44.0 Å². The van der Waals surface area contributed by atoms with Crippen LogP contribution in [-0.2, 0) is 10.3 Å². The molecule has 2 fully saturated rings. The van der Waals surface area contributed by atoms with Crippen LogP contribution in [0.15, 0.2) is 24.3 Å². The van der Waals surface area contributed by atoms with Crippen molar-refractivity contribution in [3.63, 3.8) is 0 Å². The molecule has 0 spiro atoms. The highest BCUT2D eigenvalue weighted by Gasteiger charge is 2.42. The summed E-state index contributed by atoms with van der Waals surface area (Å²) >= 11 is 7.94. The van der Waals surface area contributed by atoms with Gasteiger partial charge >= 0.3 is 6.03 Å². The van der Waals surface area contributed by atoms with E-state index in [1.807, 2.05) is 36.0 Å². The van der Waals surface area contributed by atoms with E-state index in [2.05, 4.69) is 29.8 Å². The number of unbranched alkanes of at least 4 members (excludes halogenated alkanes) is 1. The van der Waals surface area contributed by atoms with E-state index in [-0.39, 0.29) is 29.6 Å². The van der Waals surface area contributed by atoms with Gasteiger partial charge < -0.3 is 16.0 Å². The number of nitrogens with one attached hydrogen (secondary N) is 3. The van der Waals surface area contributed by atoms with Crippen molar-refractivity contribution in [2.75, 3.05) is 5.75 Å². The van der Waals surface area contributed by atoms with Crippen molar-refractivity contribution in [3.05, 3.63) is 34.9 Å². The molecular formula is C21H30ClN3O2S. The lowest BCUT2D eigenvalue weighted by Gasteiger charge is -2.34. The third-order valence-electron chi connectivity index (χ3n) is 6.06. The van der Waals surface area contributed by atoms with Gasteiger partial charge in [-0.2, -0.15) is 11.8 Å². The number of carbonyl (C=O) groups excluding carboxylic acids is 2. The molecule has 1 aromatic carbocycles. The van der Waals surface area contributed by atoms with Crippen molar-refractivity contribution in [2.24, 2.45) is 0 Å². The summed E-state index contributed by atoms with van der Waals surface area (Å²) < 4.78 is 0. The maximum Gasteiger partial charge on any atom is 0.315 e. The number of hydrogen-bond donors (Lipinski definition) is 3. The van der Waals surface area contributed by atoms with E-state index >= 15 is 0 Å². The van der Waals surface area contributed by atoms with Crippen LogP contribution in [0.1, 0.15) is 57.9 Å². The molecule has 3 amide bonds. The highest BCUT2D eigenvalue weighted by atomic mass is 35.5. The normalized spacial score (nSPS) is 23.8. The van der Waals surface area contributed by atoms with Crippen molar-refractivity contribution in [1.29, 1.82) is 0 Å². The van der Waals surface area contributed by atoms with Crippen LogP contribution >= 0.6 is 23.4 Å². The quantitative estimate of drug-likeness (QED) is 0.412. The standard InChI is InChI=1S/C21H30ClN3O2S/c1-3-21(4-2,14-9-11-15(22)12-10-14)25-18(26)8-6-5-7-17-19-16(13-28-17)23-20(27)24-19/h9-12,16-17,19H,3-8,13H2,1-2H3,(H,25,26)(H2,23,24,27)/t16-,17-,19-/m0/s1. The van der Waals surface area contributed by atoms with Crippen molar-refractivity contribution < 1.29 is 9.59 Å². The average molecular weight is 424 g/mol. The van der Waals surface area contributed by atoms with Crippen molar-refractivity contribution in [3.8, 4) is 0 Å². The van der Waals surface area contributed by atoms with Gasteiger partial charge in [-0.25, -0.2) is 4.79 Å². The van der Waals surface area contributed by atoms with Crippen LogP contribution in [-0.4, -0.2) is 35.0 Å². The van der Waals surface area contributed by atoms with Gasteiger partial charge in [0.1, 0.15) is 0 Å². The number of rotatable bonds is 9. The lowest BCUT2D eigenvalue weighted by Crippen LogP contribution is -2.45. The molecule has 2 heterocycles. The molecule has 0 unspecified atom stereocenters. The van der Waals surface area contributed by atoms with Crippen molar-refractivity contribution >= 4 is 35.3 Å². The van der Waals surface area contributed by atoms with Crippen molar-refractivity contribution in [2.45, 2.75) is 75.2 Å². The van der Waals surface area contributed by atoms with Gasteiger partial charge in [0.2, 0.25) is 5.91 Å². The average Bonchev–Trinajstić information content (AvgIpc) is 3.23. The van der Waals surface area contributed by atoms with Gasteiger partial charge in [-0.05, 0) is 43.4 Å². The molecular weight excluding hydrogens is 394 g/mol. The molecule has 0 radical (unpaired) electrons. The Bertz CT molecular complexity index is 693. The lowest BCUT2D eigenvalue weighted by molar-refractivity contribution is -0.123. The molecule has 28 heavy (non-hydrogen) atoms. The zero-order valence-corrected chi connectivity index (χ0v) is 18.2. The summed E-state index contributed by atoms with van der Waals surface area (Å²) in [4.78, 5) is 24.1. The third-order valence-corrected chi connectivity index (χ3v) is 7.82. The highest BCUT2D eigenvalue weighted by molar-refractivity contribution is 8.00. The Morgan fingerprint density at radius 3 is 2.61 bits per heavy atom. The number of carbonyl (C=O) groups is 2. The fourth-order valence-corrected chi connectivity index (χ4v) is 5.95. The molecule has 154 valence electrons. The molecule has 3 N–H and O–H groups in total. The van der Waals surface area contributed by atoms with E-state index in [9.17, 15) is 9.59 Å². The molecule has 7 heteroatoms. The number of thioether (sulfide) groups is 1. The Hall–Kier alpha value is -1.40. The Labute approximate surface area is 176 Å². The van der Waals surface area contributed by atoms with E-state index in [4.69, 9.17) is 11.6 Å². The van der Waals surface area contributed by atoms with Crippen LogP contribution in [0.25, 0.3) is 0 Å². The van der Waals surface area contributed by atoms with Gasteiger partial charge in [0.25, 0.3) is 0 Å². The van der Waals surface area contributed by atoms with Crippen LogP contribution in [0.3, 0.4) is 0 Å². The fraction of sp³-hybridized carbons (Fsp3) is 0.619. The summed E-state index contributed by atoms with van der Waals surface area (Å²) in [5.74, 6) is 1.08. The summed E-state index contributed by atoms with van der Waals surface area (Å²) in [6.07, 6.45) is 5.11. The summed E-state index contributed by atoms with van der Waals surface area (Å²) in [5.41, 5.74) is 0.767. The Balaban J connectivity index is 1.46. The Kier molecular flexibility index (Phi) is 7.15. The van der Waals surface area contributed by atoms with E-state index in [0.717, 1.165) is 43.4 Å². The maximum atomic E-state index is 12.6. The molecule has 2 aliphatic heterocycles. The first-order chi connectivity index (χ1) is 13.5. The molecule has 0 aliphatic carbocycles. The van der Waals surface area contributed by atoms with E-state index in [1.165, 1.54) is 0 Å². The second-order valence-electron chi connectivity index (χ2n) is 7.71. The summed E-state index contributed by atoms with van der Waals surface area (Å²) in [7, 11) is 0. The van der Waals surface area contributed by atoms with E-state index in [0.29, 0.717) is 16.7 Å². The minimum Gasteiger partial charge on any atom is -0.347 e. The predicted octanol–water partition coefficient (Wildman–Crippen LogP) is 4.20. The lowest BCUT2D eigenvalue weighted by atomic mass is 9.84. The Morgan fingerprint density at radius 1 is 1.21 bits per heavy atom. The molecule has 2 saturated heterocycles. The maximum absolute atomic E-state index is 12.6. The summed E-state index contributed by atoms with van der Waals surface area (Å²) in [5, 5.41) is 10.4. The van der Waals surface area contributed by atoms with Crippen molar-refractivity contribution in [1.82, 2.24) is 16.0 Å². The van der Waals surface area contributed by atoms with Gasteiger partial charge in [-0.3, -0.25) is 4.79 Å². The highest BCUT2D eigenvalue weighted by Crippen LogP contribution is 2.33. The second kappa shape index (κ2) is 9.40. The zero-order valence-electron chi connectivity index (χ0n) is 16.6. The van der Waals surface area contributed by atoms with Gasteiger partial charge in [0.05, 0.1) is 17.6 Å². The minimum atomic E-state index is -0.337. The molecule has 1 aromatic rings. The molecule has 5 nitrogen and oxygen atoms in total. The Morgan fingerprint density at radius 2 is 1.93 bits per heavy atom. The van der Waals surface area contributed by atoms with Crippen LogP contribution in [0.2, 0.25) is 5.02 Å². The van der Waals surface area contributed by atoms with Gasteiger partial charge in [0, 0.05) is 22.4 Å². The fourth-order valence-electron chi connectivity index (χ4n) is 4.28. The summed E-state index contributed by atoms with van der Waals surface area (Å²) in [6, 6.07) is 8.24. The number of benzene rings is 1. The molecule has 0 bridgehead atoms. The van der Waals surface area contributed by atoms with Crippen LogP contribution in [0, 0.1) is 0 Å². The smallest absolute Gasteiger partial charge is 0.315 e. The summed E-state index contributed by atoms with van der Waals surface area (Å²) in [6.45, 7) is 4.21. The molecule has 3 rings (SSSR count). The van der Waals surface area contributed by atoms with Crippen LogP contribution in [0.4, 0.5) is 4.79 Å². The molecule has 3 atom stereocenters. The minimum absolute atomic E-state index is 0.0441. The zero-order chi connectivity index (χ0) is 20.1. The predicted molar refractivity (Wildman–Crippen MR) is 116 cm³/mol. The third kappa shape index (κ3) is 4.77. The largest absolute Gasteiger partial charge is 0.347 e. The first-order valence-electron chi connectivity index (χ1n) is 10.2. The number of urea groups is 1. The van der Waals surface area contributed by atoms with Gasteiger partial charge in [0.15, 0.2) is 0 Å². The first-order valence-corrected chi connectivity index (χ1v) is 11.7. The number of halogens is 1.